The van der Waals surface area contributed by atoms with Gasteiger partial charge in [0.05, 0.1) is 16.6 Å². The number of carbonyl (C=O) groups excluding carboxylic acids is 1. The van der Waals surface area contributed by atoms with Crippen LogP contribution in [0.15, 0.2) is 35.4 Å². The number of benzene rings is 1. The maximum Gasteiger partial charge on any atom is 0.262 e. The van der Waals surface area contributed by atoms with E-state index >= 15 is 0 Å². The highest BCUT2D eigenvalue weighted by Gasteiger charge is 2.18. The molecule has 6 heteroatoms. The van der Waals surface area contributed by atoms with Gasteiger partial charge in [-0.25, -0.2) is 4.98 Å². The average Bonchev–Trinajstić information content (AvgIpc) is 2.86. The number of carbonyl (C=O) groups is 1. The topological polar surface area (TPSA) is 64.0 Å². The van der Waals surface area contributed by atoms with Crippen molar-refractivity contribution >= 4 is 27.5 Å². The molecule has 1 aromatic carbocycles. The number of amides is 1. The number of aromatic nitrogens is 2. The molecular weight excluding hydrogens is 310 g/mol. The number of aryl methyl sites for hydroxylation is 3. The molecule has 3 aromatic rings. The van der Waals surface area contributed by atoms with E-state index in [2.05, 4.69) is 10.3 Å². The maximum absolute atomic E-state index is 12.5. The zero-order chi connectivity index (χ0) is 16.6. The second kappa shape index (κ2) is 5.96. The number of nitrogens with zero attached hydrogens (tertiary/aromatic N) is 2. The van der Waals surface area contributed by atoms with Crippen molar-refractivity contribution in [2.75, 3.05) is 0 Å². The summed E-state index contributed by atoms with van der Waals surface area (Å²) in [5.41, 5.74) is 2.77. The first-order valence-electron chi connectivity index (χ1n) is 7.26. The second-order valence-corrected chi connectivity index (χ2v) is 6.57. The predicted octanol–water partition coefficient (Wildman–Crippen LogP) is 2.54. The molecule has 0 saturated heterocycles. The van der Waals surface area contributed by atoms with Crippen LogP contribution in [0.3, 0.4) is 0 Å². The lowest BCUT2D eigenvalue weighted by atomic mass is 10.1. The first-order valence-corrected chi connectivity index (χ1v) is 8.07. The number of rotatable bonds is 3. The Kier molecular flexibility index (Phi) is 4.00. The Morgan fingerprint density at radius 1 is 1.35 bits per heavy atom. The van der Waals surface area contributed by atoms with E-state index in [1.54, 1.807) is 14.0 Å². The van der Waals surface area contributed by atoms with Crippen molar-refractivity contribution in [3.8, 4) is 0 Å². The lowest BCUT2D eigenvalue weighted by molar-refractivity contribution is 0.0954. The Morgan fingerprint density at radius 2 is 2.13 bits per heavy atom. The van der Waals surface area contributed by atoms with Gasteiger partial charge in [0.1, 0.15) is 4.83 Å². The summed E-state index contributed by atoms with van der Waals surface area (Å²) in [7, 11) is 1.66. The van der Waals surface area contributed by atoms with E-state index in [0.29, 0.717) is 27.2 Å². The van der Waals surface area contributed by atoms with Gasteiger partial charge in [0.15, 0.2) is 0 Å². The summed E-state index contributed by atoms with van der Waals surface area (Å²) in [6.45, 7) is 4.27. The van der Waals surface area contributed by atoms with Crippen LogP contribution >= 0.6 is 11.3 Å². The molecule has 1 amide bonds. The summed E-state index contributed by atoms with van der Waals surface area (Å²) < 4.78 is 1.43. The third-order valence-electron chi connectivity index (χ3n) is 3.75. The molecule has 0 radical (unpaired) electrons. The van der Waals surface area contributed by atoms with Crippen molar-refractivity contribution in [3.05, 3.63) is 62.5 Å². The fraction of sp³-hybridized carbons (Fsp3) is 0.235. The monoisotopic (exact) mass is 327 g/mol. The second-order valence-electron chi connectivity index (χ2n) is 5.57. The Hall–Kier alpha value is -2.47. The third-order valence-corrected chi connectivity index (χ3v) is 4.95. The number of fused-ring (bicyclic) bond motifs is 1. The van der Waals surface area contributed by atoms with Gasteiger partial charge in [0, 0.05) is 13.6 Å². The number of nitrogens with one attached hydrogen (secondary N) is 1. The molecule has 0 aliphatic carbocycles. The van der Waals surface area contributed by atoms with Crippen LogP contribution in [0.25, 0.3) is 10.2 Å². The highest BCUT2D eigenvalue weighted by molar-refractivity contribution is 7.20. The maximum atomic E-state index is 12.5. The van der Waals surface area contributed by atoms with E-state index in [4.69, 9.17) is 0 Å². The smallest absolute Gasteiger partial charge is 0.262 e. The number of hydrogen-bond donors (Lipinski definition) is 1. The van der Waals surface area contributed by atoms with Crippen LogP contribution in [0.5, 0.6) is 0 Å². The molecule has 3 rings (SSSR count). The molecule has 0 atom stereocenters. The summed E-state index contributed by atoms with van der Waals surface area (Å²) in [5, 5.41) is 3.44. The lowest BCUT2D eigenvalue weighted by Gasteiger charge is -2.05. The van der Waals surface area contributed by atoms with E-state index in [0.717, 1.165) is 11.1 Å². The molecule has 0 spiro atoms. The molecule has 0 fully saturated rings. The van der Waals surface area contributed by atoms with Crippen LogP contribution in [-0.2, 0) is 13.6 Å². The Balaban J connectivity index is 1.88. The SMILES string of the molecule is Cc1cccc(CNC(=O)c2sc3ncn(C)c(=O)c3c2C)c1. The molecule has 5 nitrogen and oxygen atoms in total. The molecule has 0 aliphatic heterocycles. The summed E-state index contributed by atoms with van der Waals surface area (Å²) in [6.07, 6.45) is 1.48. The zero-order valence-corrected chi connectivity index (χ0v) is 14.0. The van der Waals surface area contributed by atoms with Gasteiger partial charge >= 0.3 is 0 Å². The molecule has 0 aliphatic rings. The van der Waals surface area contributed by atoms with Gasteiger partial charge in [-0.05, 0) is 25.0 Å². The van der Waals surface area contributed by atoms with Crippen LogP contribution in [0.4, 0.5) is 0 Å². The summed E-state index contributed by atoms with van der Waals surface area (Å²) >= 11 is 1.26. The zero-order valence-electron chi connectivity index (χ0n) is 13.2. The van der Waals surface area contributed by atoms with Crippen molar-refractivity contribution < 1.29 is 4.79 Å². The molecule has 2 heterocycles. The van der Waals surface area contributed by atoms with Gasteiger partial charge < -0.3 is 9.88 Å². The molecule has 118 valence electrons. The summed E-state index contributed by atoms with van der Waals surface area (Å²) in [6, 6.07) is 8.00. The first kappa shape index (κ1) is 15.4. The van der Waals surface area contributed by atoms with Crippen LogP contribution in [0.1, 0.15) is 26.4 Å². The van der Waals surface area contributed by atoms with Crippen molar-refractivity contribution in [1.29, 1.82) is 0 Å². The molecule has 2 aromatic heterocycles. The van der Waals surface area contributed by atoms with Gasteiger partial charge in [-0.2, -0.15) is 0 Å². The van der Waals surface area contributed by atoms with Gasteiger partial charge in [-0.15, -0.1) is 11.3 Å². The van der Waals surface area contributed by atoms with Crippen molar-refractivity contribution in [3.63, 3.8) is 0 Å². The number of hydrogen-bond acceptors (Lipinski definition) is 4. The van der Waals surface area contributed by atoms with Gasteiger partial charge in [-0.1, -0.05) is 29.8 Å². The van der Waals surface area contributed by atoms with E-state index < -0.39 is 0 Å². The van der Waals surface area contributed by atoms with Crippen LogP contribution in [-0.4, -0.2) is 15.5 Å². The van der Waals surface area contributed by atoms with E-state index in [-0.39, 0.29) is 11.5 Å². The van der Waals surface area contributed by atoms with Gasteiger partial charge in [-0.3, -0.25) is 9.59 Å². The first-order chi connectivity index (χ1) is 11.0. The van der Waals surface area contributed by atoms with Gasteiger partial charge in [0.25, 0.3) is 11.5 Å². The van der Waals surface area contributed by atoms with Crippen LogP contribution in [0, 0.1) is 13.8 Å². The predicted molar refractivity (Wildman–Crippen MR) is 91.9 cm³/mol. The normalized spacial score (nSPS) is 10.9. The highest BCUT2D eigenvalue weighted by atomic mass is 32.1. The molecule has 23 heavy (non-hydrogen) atoms. The largest absolute Gasteiger partial charge is 0.347 e. The summed E-state index contributed by atoms with van der Waals surface area (Å²) in [4.78, 5) is 30.0. The fourth-order valence-corrected chi connectivity index (χ4v) is 3.57. The molecule has 0 bridgehead atoms. The Labute approximate surface area is 137 Å². The minimum Gasteiger partial charge on any atom is -0.347 e. The molecule has 0 unspecified atom stereocenters. The standard InChI is InChI=1S/C17H17N3O2S/c1-10-5-4-6-12(7-10)8-18-15(21)14-11(2)13-16(23-14)19-9-20(3)17(13)22/h4-7,9H,8H2,1-3H3,(H,18,21). The number of thiophene rings is 1. The highest BCUT2D eigenvalue weighted by Crippen LogP contribution is 2.26. The van der Waals surface area contributed by atoms with Gasteiger partial charge in [0.2, 0.25) is 0 Å². The van der Waals surface area contributed by atoms with Crippen molar-refractivity contribution in [2.24, 2.45) is 7.05 Å². The Morgan fingerprint density at radius 3 is 2.87 bits per heavy atom. The minimum absolute atomic E-state index is 0.124. The molecular formula is C17H17N3O2S. The lowest BCUT2D eigenvalue weighted by Crippen LogP contribution is -2.22. The van der Waals surface area contributed by atoms with Crippen LogP contribution < -0.4 is 10.9 Å². The molecule has 0 saturated carbocycles. The van der Waals surface area contributed by atoms with E-state index in [9.17, 15) is 9.59 Å². The van der Waals surface area contributed by atoms with Crippen molar-refractivity contribution in [2.45, 2.75) is 20.4 Å². The molecule has 1 N–H and O–H groups in total. The van der Waals surface area contributed by atoms with Crippen molar-refractivity contribution in [1.82, 2.24) is 14.9 Å². The Bertz CT molecular complexity index is 956. The fourth-order valence-electron chi connectivity index (χ4n) is 2.51. The quantitative estimate of drug-likeness (QED) is 0.804. The van der Waals surface area contributed by atoms with E-state index in [1.807, 2.05) is 31.2 Å². The summed E-state index contributed by atoms with van der Waals surface area (Å²) in [5.74, 6) is -0.172. The minimum atomic E-state index is -0.172. The van der Waals surface area contributed by atoms with Crippen LogP contribution in [0.2, 0.25) is 0 Å². The third kappa shape index (κ3) is 2.90. The average molecular weight is 327 g/mol. The van der Waals surface area contributed by atoms with E-state index in [1.165, 1.54) is 22.2 Å².